The van der Waals surface area contributed by atoms with E-state index in [1.54, 1.807) is 0 Å². The monoisotopic (exact) mass is 286 g/mol. The highest BCUT2D eigenvalue weighted by molar-refractivity contribution is 5.79. The second-order valence-electron chi connectivity index (χ2n) is 7.03. The van der Waals surface area contributed by atoms with E-state index < -0.39 is 0 Å². The van der Waals surface area contributed by atoms with Crippen LogP contribution in [-0.4, -0.2) is 48.9 Å². The Bertz CT molecular complexity index is 500. The van der Waals surface area contributed by atoms with Gasteiger partial charge in [-0.05, 0) is 57.3 Å². The maximum Gasteiger partial charge on any atom is 0.227 e. The molecule has 0 aliphatic carbocycles. The quantitative estimate of drug-likeness (QED) is 0.834. The van der Waals surface area contributed by atoms with Gasteiger partial charge in [-0.15, -0.1) is 0 Å². The van der Waals surface area contributed by atoms with Gasteiger partial charge in [-0.3, -0.25) is 4.79 Å². The van der Waals surface area contributed by atoms with E-state index in [0.29, 0.717) is 17.7 Å². The Kier molecular flexibility index (Phi) is 4.03. The minimum atomic E-state index is 0.301. The fourth-order valence-electron chi connectivity index (χ4n) is 3.64. The average Bonchev–Trinajstić information content (AvgIpc) is 2.89. The van der Waals surface area contributed by atoms with Crippen LogP contribution in [0.3, 0.4) is 0 Å². The average molecular weight is 286 g/mol. The van der Waals surface area contributed by atoms with E-state index in [9.17, 15) is 4.79 Å². The van der Waals surface area contributed by atoms with Crippen LogP contribution in [0.5, 0.6) is 0 Å². The molecule has 0 radical (unpaired) electrons. The molecule has 0 atom stereocenters. The van der Waals surface area contributed by atoms with Gasteiger partial charge in [0.25, 0.3) is 0 Å². The molecule has 2 aliphatic rings. The number of hydrogen-bond acceptors (Lipinski definition) is 2. The zero-order valence-electron chi connectivity index (χ0n) is 13.3. The minimum absolute atomic E-state index is 0.301. The van der Waals surface area contributed by atoms with Crippen molar-refractivity contribution >= 4 is 5.91 Å². The fraction of sp³-hybridized carbons (Fsp3) is 0.611. The summed E-state index contributed by atoms with van der Waals surface area (Å²) in [5.41, 5.74) is 2.79. The van der Waals surface area contributed by atoms with Crippen molar-refractivity contribution in [2.45, 2.75) is 32.6 Å². The molecule has 1 aromatic rings. The van der Waals surface area contributed by atoms with Gasteiger partial charge in [0.2, 0.25) is 5.91 Å². The first-order valence-electron chi connectivity index (χ1n) is 8.08. The van der Waals surface area contributed by atoms with Crippen LogP contribution in [0.4, 0.5) is 0 Å². The van der Waals surface area contributed by atoms with Gasteiger partial charge < -0.3 is 9.80 Å². The summed E-state index contributed by atoms with van der Waals surface area (Å²) in [6.45, 7) is 6.37. The summed E-state index contributed by atoms with van der Waals surface area (Å²) in [5.74, 6) is 0.301. The molecule has 1 amide bonds. The number of carbonyl (C=O) groups excluding carboxylic acids is 1. The molecule has 1 aromatic carbocycles. The first-order chi connectivity index (χ1) is 10.1. The smallest absolute Gasteiger partial charge is 0.227 e. The highest BCUT2D eigenvalue weighted by Crippen LogP contribution is 2.40. The predicted molar refractivity (Wildman–Crippen MR) is 85.2 cm³/mol. The Morgan fingerprint density at radius 1 is 1.10 bits per heavy atom. The van der Waals surface area contributed by atoms with Crippen molar-refractivity contribution in [2.75, 3.05) is 33.2 Å². The number of aryl methyl sites for hydroxylation is 1. The molecular formula is C18H26N2O. The van der Waals surface area contributed by atoms with Gasteiger partial charge in [0.15, 0.2) is 0 Å². The van der Waals surface area contributed by atoms with Crippen molar-refractivity contribution in [3.05, 3.63) is 35.4 Å². The molecule has 114 valence electrons. The topological polar surface area (TPSA) is 23.6 Å². The standard InChI is InChI=1S/C18H26N2O/c1-15-3-5-16(6-4-15)13-17(21)20-12-9-18(14-20)7-10-19(2)11-8-18/h3-6H,7-14H2,1-2H3. The number of hydrogen-bond donors (Lipinski definition) is 0. The SMILES string of the molecule is Cc1ccc(CC(=O)N2CCC3(CCN(C)CC3)C2)cc1. The zero-order chi connectivity index (χ0) is 14.9. The highest BCUT2D eigenvalue weighted by atomic mass is 16.2. The lowest BCUT2D eigenvalue weighted by Gasteiger charge is -2.37. The number of rotatable bonds is 2. The molecule has 3 rings (SSSR count). The van der Waals surface area contributed by atoms with Gasteiger partial charge in [-0.25, -0.2) is 0 Å². The van der Waals surface area contributed by atoms with Gasteiger partial charge in [-0.2, -0.15) is 0 Å². The largest absolute Gasteiger partial charge is 0.342 e. The summed E-state index contributed by atoms with van der Waals surface area (Å²) in [6, 6.07) is 8.33. The van der Waals surface area contributed by atoms with E-state index in [-0.39, 0.29) is 0 Å². The summed E-state index contributed by atoms with van der Waals surface area (Å²) in [4.78, 5) is 17.0. The van der Waals surface area contributed by atoms with Crippen LogP contribution >= 0.6 is 0 Å². The minimum Gasteiger partial charge on any atom is -0.342 e. The molecule has 3 heteroatoms. The van der Waals surface area contributed by atoms with Crippen LogP contribution in [0.1, 0.15) is 30.4 Å². The van der Waals surface area contributed by atoms with E-state index in [0.717, 1.165) is 18.7 Å². The van der Waals surface area contributed by atoms with Crippen LogP contribution in [0.25, 0.3) is 0 Å². The lowest BCUT2D eigenvalue weighted by Crippen LogP contribution is -2.40. The molecule has 2 aliphatic heterocycles. The normalized spacial score (nSPS) is 21.9. The summed E-state index contributed by atoms with van der Waals surface area (Å²) < 4.78 is 0. The summed E-state index contributed by atoms with van der Waals surface area (Å²) in [7, 11) is 2.20. The van der Waals surface area contributed by atoms with Crippen LogP contribution in [0.2, 0.25) is 0 Å². The van der Waals surface area contributed by atoms with Gasteiger partial charge in [-0.1, -0.05) is 29.8 Å². The molecule has 21 heavy (non-hydrogen) atoms. The number of likely N-dealkylation sites (tertiary alicyclic amines) is 2. The first kappa shape index (κ1) is 14.6. The molecule has 0 unspecified atom stereocenters. The summed E-state index contributed by atoms with van der Waals surface area (Å²) in [6.07, 6.45) is 4.24. The van der Waals surface area contributed by atoms with Crippen molar-refractivity contribution < 1.29 is 4.79 Å². The van der Waals surface area contributed by atoms with Gasteiger partial charge in [0, 0.05) is 13.1 Å². The number of benzene rings is 1. The number of amides is 1. The molecule has 0 bridgehead atoms. The Hall–Kier alpha value is -1.35. The van der Waals surface area contributed by atoms with Gasteiger partial charge in [0.05, 0.1) is 6.42 Å². The molecule has 0 aromatic heterocycles. The Morgan fingerprint density at radius 3 is 2.38 bits per heavy atom. The highest BCUT2D eigenvalue weighted by Gasteiger charge is 2.41. The Balaban J connectivity index is 1.58. The number of carbonyl (C=O) groups is 1. The number of nitrogens with zero attached hydrogens (tertiary/aromatic N) is 2. The van der Waals surface area contributed by atoms with Crippen molar-refractivity contribution in [1.29, 1.82) is 0 Å². The lowest BCUT2D eigenvalue weighted by molar-refractivity contribution is -0.130. The molecule has 0 N–H and O–H groups in total. The second-order valence-corrected chi connectivity index (χ2v) is 7.03. The maximum absolute atomic E-state index is 12.5. The van der Waals surface area contributed by atoms with Crippen LogP contribution in [-0.2, 0) is 11.2 Å². The molecule has 2 saturated heterocycles. The van der Waals surface area contributed by atoms with Crippen molar-refractivity contribution in [3.63, 3.8) is 0 Å². The number of piperidine rings is 1. The first-order valence-corrected chi connectivity index (χ1v) is 8.08. The lowest BCUT2D eigenvalue weighted by atomic mass is 9.78. The van der Waals surface area contributed by atoms with E-state index >= 15 is 0 Å². The fourth-order valence-corrected chi connectivity index (χ4v) is 3.64. The second kappa shape index (κ2) is 5.80. The Labute approximate surface area is 127 Å². The molecule has 0 saturated carbocycles. The third-order valence-electron chi connectivity index (χ3n) is 5.31. The summed E-state index contributed by atoms with van der Waals surface area (Å²) >= 11 is 0. The molecular weight excluding hydrogens is 260 g/mol. The van der Waals surface area contributed by atoms with Crippen LogP contribution < -0.4 is 0 Å². The predicted octanol–water partition coefficient (Wildman–Crippen LogP) is 2.48. The van der Waals surface area contributed by atoms with Crippen LogP contribution in [0.15, 0.2) is 24.3 Å². The third-order valence-corrected chi connectivity index (χ3v) is 5.31. The Morgan fingerprint density at radius 2 is 1.71 bits per heavy atom. The van der Waals surface area contributed by atoms with E-state index in [4.69, 9.17) is 0 Å². The van der Waals surface area contributed by atoms with Crippen LogP contribution in [0, 0.1) is 12.3 Å². The van der Waals surface area contributed by atoms with Crippen molar-refractivity contribution in [1.82, 2.24) is 9.80 Å². The van der Waals surface area contributed by atoms with E-state index in [2.05, 4.69) is 48.0 Å². The molecule has 3 nitrogen and oxygen atoms in total. The third kappa shape index (κ3) is 3.29. The molecule has 2 fully saturated rings. The van der Waals surface area contributed by atoms with Crippen molar-refractivity contribution in [2.24, 2.45) is 5.41 Å². The van der Waals surface area contributed by atoms with Gasteiger partial charge in [0.1, 0.15) is 0 Å². The van der Waals surface area contributed by atoms with Gasteiger partial charge >= 0.3 is 0 Å². The molecule has 2 heterocycles. The van der Waals surface area contributed by atoms with E-state index in [1.807, 2.05) is 0 Å². The maximum atomic E-state index is 12.5. The zero-order valence-corrected chi connectivity index (χ0v) is 13.3. The van der Waals surface area contributed by atoms with E-state index in [1.165, 1.54) is 37.9 Å². The van der Waals surface area contributed by atoms with Crippen molar-refractivity contribution in [3.8, 4) is 0 Å². The molecule has 1 spiro atoms. The summed E-state index contributed by atoms with van der Waals surface area (Å²) in [5, 5.41) is 0.